The Hall–Kier alpha value is -3.76. The Labute approximate surface area is 225 Å². The van der Waals surface area contributed by atoms with Gasteiger partial charge in [-0.25, -0.2) is 14.8 Å². The molecule has 10 nitrogen and oxygen atoms in total. The van der Waals surface area contributed by atoms with Crippen LogP contribution in [-0.4, -0.2) is 62.1 Å². The van der Waals surface area contributed by atoms with Gasteiger partial charge in [-0.1, -0.05) is 25.4 Å². The van der Waals surface area contributed by atoms with E-state index in [9.17, 15) is 14.4 Å². The van der Waals surface area contributed by atoms with Gasteiger partial charge < -0.3 is 9.88 Å². The van der Waals surface area contributed by atoms with Crippen molar-refractivity contribution in [1.82, 2.24) is 29.0 Å². The lowest BCUT2D eigenvalue weighted by Crippen LogP contribution is -2.39. The van der Waals surface area contributed by atoms with Gasteiger partial charge in [-0.2, -0.15) is 0 Å². The molecule has 4 heterocycles. The van der Waals surface area contributed by atoms with E-state index in [0.717, 1.165) is 12.0 Å². The molecule has 0 saturated carbocycles. The normalized spacial score (nSPS) is 11.4. The lowest BCUT2D eigenvalue weighted by Gasteiger charge is -2.23. The van der Waals surface area contributed by atoms with E-state index in [-0.39, 0.29) is 17.2 Å². The molecule has 38 heavy (non-hydrogen) atoms. The van der Waals surface area contributed by atoms with E-state index in [1.54, 1.807) is 33.9 Å². The number of hydrogen-bond acceptors (Lipinski definition) is 6. The molecule has 0 aliphatic rings. The summed E-state index contributed by atoms with van der Waals surface area (Å²) in [6.07, 6.45) is 4.55. The zero-order valence-corrected chi connectivity index (χ0v) is 22.8. The van der Waals surface area contributed by atoms with Crippen molar-refractivity contribution in [3.8, 4) is 11.3 Å². The molecule has 0 saturated heterocycles. The number of pyridine rings is 2. The maximum Gasteiger partial charge on any atom is 0.331 e. The fraction of sp³-hybridized carbons (Fsp3) is 0.370. The van der Waals surface area contributed by atoms with Crippen LogP contribution in [0.25, 0.3) is 22.3 Å². The van der Waals surface area contributed by atoms with Gasteiger partial charge in [-0.05, 0) is 57.3 Å². The molecule has 0 bridgehead atoms. The van der Waals surface area contributed by atoms with Crippen LogP contribution in [-0.2, 0) is 13.1 Å². The second kappa shape index (κ2) is 11.7. The van der Waals surface area contributed by atoms with Crippen molar-refractivity contribution in [1.29, 1.82) is 0 Å². The molecule has 200 valence electrons. The number of carbonyl (C=O) groups excluding carboxylic acids is 1. The highest BCUT2D eigenvalue weighted by Crippen LogP contribution is 2.24. The number of aryl methyl sites for hydroxylation is 1. The Morgan fingerprint density at radius 3 is 2.32 bits per heavy atom. The van der Waals surface area contributed by atoms with E-state index >= 15 is 0 Å². The third-order valence-electron chi connectivity index (χ3n) is 6.23. The third-order valence-corrected chi connectivity index (χ3v) is 6.45. The fourth-order valence-corrected chi connectivity index (χ4v) is 4.40. The number of aromatic nitrogens is 5. The molecule has 1 amide bonds. The number of rotatable bonds is 10. The van der Waals surface area contributed by atoms with E-state index in [1.807, 2.05) is 45.0 Å². The lowest BCUT2D eigenvalue weighted by atomic mass is 10.2. The topological polar surface area (TPSA) is 109 Å². The first kappa shape index (κ1) is 27.3. The van der Waals surface area contributed by atoms with Crippen LogP contribution in [0.15, 0.2) is 52.3 Å². The van der Waals surface area contributed by atoms with Crippen molar-refractivity contribution < 1.29 is 4.79 Å². The van der Waals surface area contributed by atoms with Crippen LogP contribution in [0.3, 0.4) is 0 Å². The van der Waals surface area contributed by atoms with Crippen LogP contribution in [0.1, 0.15) is 37.0 Å². The number of carbonyl (C=O) groups is 1. The smallest absolute Gasteiger partial charge is 0.331 e. The van der Waals surface area contributed by atoms with Crippen molar-refractivity contribution in [2.24, 2.45) is 0 Å². The molecular formula is C27H32ClN7O3. The predicted octanol–water partition coefficient (Wildman–Crippen LogP) is 3.63. The van der Waals surface area contributed by atoms with Crippen LogP contribution in [0.4, 0.5) is 5.82 Å². The zero-order chi connectivity index (χ0) is 27.4. The van der Waals surface area contributed by atoms with Gasteiger partial charge >= 0.3 is 5.69 Å². The van der Waals surface area contributed by atoms with Crippen LogP contribution >= 0.6 is 11.6 Å². The molecule has 0 atom stereocenters. The van der Waals surface area contributed by atoms with Crippen LogP contribution in [0.2, 0.25) is 5.15 Å². The highest BCUT2D eigenvalue weighted by Gasteiger charge is 2.21. The summed E-state index contributed by atoms with van der Waals surface area (Å²) < 4.78 is 2.94. The van der Waals surface area contributed by atoms with Gasteiger partial charge in [-0.3, -0.25) is 23.6 Å². The third kappa shape index (κ3) is 5.56. The van der Waals surface area contributed by atoms with Crippen molar-refractivity contribution in [2.45, 2.75) is 39.8 Å². The van der Waals surface area contributed by atoms with Crippen LogP contribution in [0.5, 0.6) is 0 Å². The highest BCUT2D eigenvalue weighted by atomic mass is 35.5. The van der Waals surface area contributed by atoms with E-state index in [4.69, 9.17) is 11.6 Å². The van der Waals surface area contributed by atoms with Crippen LogP contribution in [0, 0.1) is 0 Å². The van der Waals surface area contributed by atoms with Crippen LogP contribution < -0.4 is 16.1 Å². The molecule has 0 aromatic carbocycles. The largest absolute Gasteiger partial charge is 0.349 e. The number of likely N-dealkylation sites (N-methyl/N-ethyl adjacent to an activating group) is 1. The first-order valence-corrected chi connectivity index (χ1v) is 13.0. The summed E-state index contributed by atoms with van der Waals surface area (Å²) in [7, 11) is 3.87. The Morgan fingerprint density at radius 1 is 0.974 bits per heavy atom. The minimum absolute atomic E-state index is 0.234. The molecule has 4 aromatic heterocycles. The molecular weight excluding hydrogens is 506 g/mol. The molecule has 0 fully saturated rings. The van der Waals surface area contributed by atoms with Gasteiger partial charge in [0.15, 0.2) is 0 Å². The summed E-state index contributed by atoms with van der Waals surface area (Å²) in [5, 5.41) is 0.313. The monoisotopic (exact) mass is 537 g/mol. The summed E-state index contributed by atoms with van der Waals surface area (Å²) in [6, 6.07) is 8.65. The second-order valence-corrected chi connectivity index (χ2v) is 9.76. The molecule has 0 aliphatic heterocycles. The number of nitrogens with zero attached hydrogens (tertiary/aromatic N) is 6. The summed E-state index contributed by atoms with van der Waals surface area (Å²) in [5.74, 6) is 0.252. The van der Waals surface area contributed by atoms with Gasteiger partial charge in [0, 0.05) is 49.8 Å². The number of anilines is 1. The maximum atomic E-state index is 13.3. The van der Waals surface area contributed by atoms with Gasteiger partial charge in [0.05, 0.1) is 11.1 Å². The fourth-order valence-electron chi connectivity index (χ4n) is 4.29. The molecule has 11 heteroatoms. The van der Waals surface area contributed by atoms with E-state index in [2.05, 4.69) is 15.0 Å². The quantitative estimate of drug-likeness (QED) is 0.309. The van der Waals surface area contributed by atoms with E-state index in [1.165, 1.54) is 10.8 Å². The van der Waals surface area contributed by atoms with Crippen molar-refractivity contribution in [2.75, 3.05) is 32.1 Å². The van der Waals surface area contributed by atoms with Crippen molar-refractivity contribution in [3.05, 3.63) is 74.3 Å². The van der Waals surface area contributed by atoms with Gasteiger partial charge in [0.1, 0.15) is 16.5 Å². The predicted molar refractivity (Wildman–Crippen MR) is 150 cm³/mol. The first-order valence-electron chi connectivity index (χ1n) is 12.7. The number of hydrogen-bond donors (Lipinski definition) is 1. The Kier molecular flexibility index (Phi) is 8.43. The first-order chi connectivity index (χ1) is 18.2. The number of nitrogens with one attached hydrogen (secondary N) is 1. The SMILES string of the molecule is CCCn1c(=O)c2[nH]c(-c3ccc(N(CCN(C)C)C(=O)c4ccc(Cl)nc4)nc3)cc2n(CCC)c1=O. The number of amides is 1. The summed E-state index contributed by atoms with van der Waals surface area (Å²) in [5.41, 5.74) is 2.16. The minimum Gasteiger partial charge on any atom is -0.349 e. The number of halogens is 1. The molecule has 0 radical (unpaired) electrons. The summed E-state index contributed by atoms with van der Waals surface area (Å²) in [6.45, 7) is 5.86. The van der Waals surface area contributed by atoms with Crippen molar-refractivity contribution >= 4 is 34.4 Å². The molecule has 4 aromatic rings. The Morgan fingerprint density at radius 2 is 1.71 bits per heavy atom. The van der Waals surface area contributed by atoms with Crippen molar-refractivity contribution in [3.63, 3.8) is 0 Å². The average molecular weight is 538 g/mol. The molecule has 0 spiro atoms. The van der Waals surface area contributed by atoms with Gasteiger partial charge in [-0.15, -0.1) is 0 Å². The summed E-state index contributed by atoms with van der Waals surface area (Å²) in [4.78, 5) is 54.8. The minimum atomic E-state index is -0.327. The summed E-state index contributed by atoms with van der Waals surface area (Å²) >= 11 is 5.89. The molecule has 0 aliphatic carbocycles. The second-order valence-electron chi connectivity index (χ2n) is 9.37. The van der Waals surface area contributed by atoms with Gasteiger partial charge in [0.2, 0.25) is 0 Å². The van der Waals surface area contributed by atoms with Gasteiger partial charge in [0.25, 0.3) is 11.5 Å². The average Bonchev–Trinajstić information content (AvgIpc) is 3.35. The Bertz CT molecular complexity index is 1540. The lowest BCUT2D eigenvalue weighted by molar-refractivity contribution is 0.0984. The highest BCUT2D eigenvalue weighted by molar-refractivity contribution is 6.29. The number of H-pyrrole nitrogens is 1. The number of fused-ring (bicyclic) bond motifs is 1. The molecule has 1 N–H and O–H groups in total. The molecule has 0 unspecified atom stereocenters. The van der Waals surface area contributed by atoms with E-state index in [0.29, 0.717) is 65.9 Å². The number of aromatic amines is 1. The molecule has 4 rings (SSSR count). The Balaban J connectivity index is 1.72. The standard InChI is InChI=1S/C27H32ClN7O3/c1-5-11-33-21-15-20(31-24(21)26(37)35(12-6-2)27(33)38)18-8-10-23(30-16-18)34(14-13-32(3)4)25(36)19-7-9-22(28)29-17-19/h7-10,15-17,31H,5-6,11-14H2,1-4H3. The maximum absolute atomic E-state index is 13.3. The van der Waals surface area contributed by atoms with E-state index < -0.39 is 0 Å². The zero-order valence-electron chi connectivity index (χ0n) is 22.1.